The molecule has 1 N–H and O–H groups in total. The van der Waals surface area contributed by atoms with E-state index in [-0.39, 0.29) is 11.3 Å². The second-order valence-electron chi connectivity index (χ2n) is 6.93. The highest BCUT2D eigenvalue weighted by Crippen LogP contribution is 2.44. The fourth-order valence-electron chi connectivity index (χ4n) is 3.62. The number of thiazole rings is 1. The SMILES string of the molecule is O=C1C(=O)N(c2nc3ccc(Cl)cc3s2)C(c2cccnc2)C1=C(O)c1ccccc1. The molecule has 0 aliphatic carbocycles. The van der Waals surface area contributed by atoms with Crippen molar-refractivity contribution in [3.05, 3.63) is 94.8 Å². The van der Waals surface area contributed by atoms with Gasteiger partial charge in [-0.25, -0.2) is 4.98 Å². The molecule has 1 fully saturated rings. The number of anilines is 1. The van der Waals surface area contributed by atoms with Gasteiger partial charge in [-0.1, -0.05) is 59.3 Å². The molecule has 1 amide bonds. The van der Waals surface area contributed by atoms with Crippen LogP contribution in [0.4, 0.5) is 5.13 Å². The lowest BCUT2D eigenvalue weighted by atomic mass is 9.96. The van der Waals surface area contributed by atoms with Crippen LogP contribution in [-0.4, -0.2) is 26.8 Å². The Morgan fingerprint density at radius 2 is 1.87 bits per heavy atom. The van der Waals surface area contributed by atoms with Crippen molar-refractivity contribution in [2.24, 2.45) is 0 Å². The van der Waals surface area contributed by atoms with Crippen LogP contribution in [0.2, 0.25) is 5.02 Å². The molecular formula is C23H14ClN3O3S. The summed E-state index contributed by atoms with van der Waals surface area (Å²) in [5.41, 5.74) is 1.71. The standard InChI is InChI=1S/C23H14ClN3O3S/c24-15-8-9-16-17(11-15)31-23(26-16)27-19(14-7-4-10-25-12-14)18(21(29)22(27)30)20(28)13-5-2-1-3-6-13/h1-12,19,28H. The Labute approximate surface area is 186 Å². The van der Waals surface area contributed by atoms with Crippen LogP contribution in [0, 0.1) is 0 Å². The van der Waals surface area contributed by atoms with E-state index in [4.69, 9.17) is 11.6 Å². The van der Waals surface area contributed by atoms with E-state index in [0.29, 0.717) is 26.8 Å². The summed E-state index contributed by atoms with van der Waals surface area (Å²) in [6, 6.07) is 16.5. The van der Waals surface area contributed by atoms with Crippen molar-refractivity contribution in [2.75, 3.05) is 4.90 Å². The van der Waals surface area contributed by atoms with Crippen molar-refractivity contribution >= 4 is 55.7 Å². The maximum Gasteiger partial charge on any atom is 0.301 e. The number of hydrogen-bond acceptors (Lipinski definition) is 6. The Kier molecular flexibility index (Phi) is 4.77. The number of aliphatic hydroxyl groups is 1. The smallest absolute Gasteiger partial charge is 0.301 e. The first-order chi connectivity index (χ1) is 15.0. The average Bonchev–Trinajstić information content (AvgIpc) is 3.32. The van der Waals surface area contributed by atoms with Crippen molar-refractivity contribution in [1.82, 2.24) is 9.97 Å². The number of rotatable bonds is 3. The van der Waals surface area contributed by atoms with Gasteiger partial charge < -0.3 is 5.11 Å². The summed E-state index contributed by atoms with van der Waals surface area (Å²) < 4.78 is 0.789. The van der Waals surface area contributed by atoms with Gasteiger partial charge in [-0.3, -0.25) is 19.5 Å². The van der Waals surface area contributed by atoms with Crippen molar-refractivity contribution in [1.29, 1.82) is 0 Å². The van der Waals surface area contributed by atoms with E-state index < -0.39 is 17.7 Å². The number of benzene rings is 2. The zero-order valence-electron chi connectivity index (χ0n) is 15.9. The summed E-state index contributed by atoms with van der Waals surface area (Å²) in [7, 11) is 0. The molecule has 3 heterocycles. The van der Waals surface area contributed by atoms with Crippen LogP contribution in [0.25, 0.3) is 16.0 Å². The molecular weight excluding hydrogens is 434 g/mol. The molecule has 2 aromatic carbocycles. The monoisotopic (exact) mass is 447 g/mol. The molecule has 0 radical (unpaired) electrons. The van der Waals surface area contributed by atoms with E-state index in [0.717, 1.165) is 4.70 Å². The van der Waals surface area contributed by atoms with Gasteiger partial charge in [-0.15, -0.1) is 0 Å². The van der Waals surface area contributed by atoms with Crippen molar-refractivity contribution < 1.29 is 14.7 Å². The first-order valence-corrected chi connectivity index (χ1v) is 10.6. The fraction of sp³-hybridized carbons (Fsp3) is 0.0435. The molecule has 1 atom stereocenters. The predicted octanol–water partition coefficient (Wildman–Crippen LogP) is 4.97. The number of ketones is 1. The van der Waals surface area contributed by atoms with Crippen LogP contribution in [0.1, 0.15) is 17.2 Å². The van der Waals surface area contributed by atoms with Crippen LogP contribution in [0.3, 0.4) is 0 Å². The molecule has 1 aliphatic rings. The normalized spacial score (nSPS) is 18.1. The Morgan fingerprint density at radius 3 is 2.61 bits per heavy atom. The van der Waals surface area contributed by atoms with Gasteiger partial charge in [-0.05, 0) is 29.8 Å². The molecule has 4 aromatic rings. The van der Waals surface area contributed by atoms with E-state index >= 15 is 0 Å². The topological polar surface area (TPSA) is 83.4 Å². The summed E-state index contributed by atoms with van der Waals surface area (Å²) in [6.45, 7) is 0. The average molecular weight is 448 g/mol. The number of amides is 1. The zero-order valence-corrected chi connectivity index (χ0v) is 17.5. The highest BCUT2D eigenvalue weighted by molar-refractivity contribution is 7.22. The number of Topliss-reactive ketones (excluding diaryl/α,β-unsaturated/α-hetero) is 1. The molecule has 8 heteroatoms. The third-order valence-electron chi connectivity index (χ3n) is 5.04. The Balaban J connectivity index is 1.73. The van der Waals surface area contributed by atoms with Crippen molar-refractivity contribution in [2.45, 2.75) is 6.04 Å². The van der Waals surface area contributed by atoms with Gasteiger partial charge in [0.25, 0.3) is 5.78 Å². The van der Waals surface area contributed by atoms with E-state index in [1.165, 1.54) is 16.2 Å². The highest BCUT2D eigenvalue weighted by atomic mass is 35.5. The van der Waals surface area contributed by atoms with Crippen LogP contribution in [0.5, 0.6) is 0 Å². The molecule has 0 saturated carbocycles. The number of hydrogen-bond donors (Lipinski definition) is 1. The van der Waals surface area contributed by atoms with Crippen LogP contribution < -0.4 is 4.90 Å². The first-order valence-electron chi connectivity index (χ1n) is 9.37. The van der Waals surface area contributed by atoms with Crippen molar-refractivity contribution in [3.8, 4) is 0 Å². The number of halogens is 1. The van der Waals surface area contributed by atoms with Crippen LogP contribution in [0.15, 0.2) is 78.6 Å². The number of nitrogens with zero attached hydrogens (tertiary/aromatic N) is 3. The maximum atomic E-state index is 13.1. The number of aromatic nitrogens is 2. The molecule has 6 nitrogen and oxygen atoms in total. The van der Waals surface area contributed by atoms with Gasteiger partial charge in [0.05, 0.1) is 21.8 Å². The van der Waals surface area contributed by atoms with E-state index in [1.54, 1.807) is 73.1 Å². The quantitative estimate of drug-likeness (QED) is 0.272. The largest absolute Gasteiger partial charge is 0.507 e. The van der Waals surface area contributed by atoms with Crippen LogP contribution >= 0.6 is 22.9 Å². The predicted molar refractivity (Wildman–Crippen MR) is 120 cm³/mol. The molecule has 31 heavy (non-hydrogen) atoms. The summed E-state index contributed by atoms with van der Waals surface area (Å²) in [4.78, 5) is 36.2. The number of fused-ring (bicyclic) bond motifs is 1. The Bertz CT molecular complexity index is 1350. The highest BCUT2D eigenvalue weighted by Gasteiger charge is 2.48. The molecule has 5 rings (SSSR count). The number of carbonyl (C=O) groups is 2. The molecule has 2 aromatic heterocycles. The first kappa shape index (κ1) is 19.4. The Hall–Kier alpha value is -3.55. The summed E-state index contributed by atoms with van der Waals surface area (Å²) in [5.74, 6) is -1.76. The van der Waals surface area contributed by atoms with Crippen molar-refractivity contribution in [3.63, 3.8) is 0 Å². The second kappa shape index (κ2) is 7.61. The van der Waals surface area contributed by atoms with E-state index in [9.17, 15) is 14.7 Å². The molecule has 1 saturated heterocycles. The molecule has 0 bridgehead atoms. The van der Waals surface area contributed by atoms with Gasteiger partial charge in [0.1, 0.15) is 5.76 Å². The minimum absolute atomic E-state index is 0.00138. The fourth-order valence-corrected chi connectivity index (χ4v) is 4.89. The minimum Gasteiger partial charge on any atom is -0.507 e. The number of aliphatic hydroxyl groups excluding tert-OH is 1. The lowest BCUT2D eigenvalue weighted by molar-refractivity contribution is -0.132. The second-order valence-corrected chi connectivity index (χ2v) is 8.38. The van der Waals surface area contributed by atoms with E-state index in [1.807, 2.05) is 0 Å². The van der Waals surface area contributed by atoms with Gasteiger partial charge in [0.15, 0.2) is 5.13 Å². The molecule has 0 spiro atoms. The number of pyridine rings is 1. The third-order valence-corrected chi connectivity index (χ3v) is 6.29. The summed E-state index contributed by atoms with van der Waals surface area (Å²) in [6.07, 6.45) is 3.18. The van der Waals surface area contributed by atoms with Gasteiger partial charge in [-0.2, -0.15) is 0 Å². The molecule has 1 unspecified atom stereocenters. The third kappa shape index (κ3) is 3.28. The Morgan fingerprint density at radius 1 is 1.06 bits per heavy atom. The van der Waals surface area contributed by atoms with E-state index in [2.05, 4.69) is 9.97 Å². The van der Waals surface area contributed by atoms with Gasteiger partial charge in [0, 0.05) is 23.0 Å². The summed E-state index contributed by atoms with van der Waals surface area (Å²) in [5, 5.41) is 11.9. The maximum absolute atomic E-state index is 13.1. The van der Waals surface area contributed by atoms with Crippen LogP contribution in [-0.2, 0) is 9.59 Å². The summed E-state index contributed by atoms with van der Waals surface area (Å²) >= 11 is 7.35. The van der Waals surface area contributed by atoms with Gasteiger partial charge >= 0.3 is 5.91 Å². The number of carbonyl (C=O) groups excluding carboxylic acids is 2. The lowest BCUT2D eigenvalue weighted by Crippen LogP contribution is -2.29. The zero-order chi connectivity index (χ0) is 21.5. The minimum atomic E-state index is -0.857. The lowest BCUT2D eigenvalue weighted by Gasteiger charge is -2.22. The van der Waals surface area contributed by atoms with Gasteiger partial charge in [0.2, 0.25) is 0 Å². The molecule has 1 aliphatic heterocycles. The molecule has 152 valence electrons.